The van der Waals surface area contributed by atoms with Gasteiger partial charge in [0.15, 0.2) is 0 Å². The standard InChI is InChI=1S/C11H20N4O/c1-9-13-10(12)8-11(14-9)15(2)6-4-3-5-7-16/h8,16H,3-7H2,1-2H3,(H2,12,13,14). The number of aryl methyl sites for hydroxylation is 1. The quantitative estimate of drug-likeness (QED) is 0.704. The number of nitrogen functional groups attached to an aromatic ring is 1. The monoisotopic (exact) mass is 224 g/mol. The van der Waals surface area contributed by atoms with E-state index in [9.17, 15) is 0 Å². The average molecular weight is 224 g/mol. The third-order valence-corrected chi connectivity index (χ3v) is 2.39. The molecule has 0 bridgehead atoms. The number of anilines is 2. The molecule has 0 atom stereocenters. The molecule has 0 saturated heterocycles. The van der Waals surface area contributed by atoms with Crippen molar-refractivity contribution >= 4 is 11.6 Å². The summed E-state index contributed by atoms with van der Waals surface area (Å²) in [6, 6.07) is 1.78. The van der Waals surface area contributed by atoms with Crippen LogP contribution in [0.5, 0.6) is 0 Å². The molecular weight excluding hydrogens is 204 g/mol. The Hall–Kier alpha value is -1.36. The highest BCUT2D eigenvalue weighted by Gasteiger charge is 2.04. The van der Waals surface area contributed by atoms with E-state index in [1.807, 2.05) is 14.0 Å². The van der Waals surface area contributed by atoms with Crippen LogP contribution in [0.3, 0.4) is 0 Å². The number of unbranched alkanes of at least 4 members (excludes halogenated alkanes) is 2. The molecule has 0 saturated carbocycles. The number of rotatable bonds is 6. The minimum atomic E-state index is 0.267. The van der Waals surface area contributed by atoms with Gasteiger partial charge in [-0.3, -0.25) is 0 Å². The van der Waals surface area contributed by atoms with Crippen LogP contribution in [0.2, 0.25) is 0 Å². The third kappa shape index (κ3) is 4.02. The minimum Gasteiger partial charge on any atom is -0.396 e. The molecule has 0 amide bonds. The maximum Gasteiger partial charge on any atom is 0.134 e. The van der Waals surface area contributed by atoms with Crippen molar-refractivity contribution in [2.45, 2.75) is 26.2 Å². The van der Waals surface area contributed by atoms with Crippen LogP contribution < -0.4 is 10.6 Å². The van der Waals surface area contributed by atoms with Gasteiger partial charge in [-0.05, 0) is 26.2 Å². The summed E-state index contributed by atoms with van der Waals surface area (Å²) in [6.45, 7) is 3.01. The molecular formula is C11H20N4O. The number of nitrogens with two attached hydrogens (primary N) is 1. The van der Waals surface area contributed by atoms with Gasteiger partial charge >= 0.3 is 0 Å². The van der Waals surface area contributed by atoms with E-state index in [1.54, 1.807) is 6.07 Å². The van der Waals surface area contributed by atoms with Crippen LogP contribution in [-0.2, 0) is 0 Å². The number of aliphatic hydroxyl groups excluding tert-OH is 1. The van der Waals surface area contributed by atoms with E-state index in [4.69, 9.17) is 10.8 Å². The Kier molecular flexibility index (Phi) is 4.98. The zero-order chi connectivity index (χ0) is 12.0. The molecule has 0 aliphatic carbocycles. The Morgan fingerprint density at radius 2 is 2.06 bits per heavy atom. The van der Waals surface area contributed by atoms with Crippen molar-refractivity contribution in [3.05, 3.63) is 11.9 Å². The van der Waals surface area contributed by atoms with Gasteiger partial charge in [-0.1, -0.05) is 0 Å². The van der Waals surface area contributed by atoms with Gasteiger partial charge in [0.05, 0.1) is 0 Å². The lowest BCUT2D eigenvalue weighted by molar-refractivity contribution is 0.283. The topological polar surface area (TPSA) is 75.3 Å². The fourth-order valence-corrected chi connectivity index (χ4v) is 1.52. The fraction of sp³-hybridized carbons (Fsp3) is 0.636. The molecule has 0 aliphatic rings. The number of hydrogen-bond acceptors (Lipinski definition) is 5. The predicted molar refractivity (Wildman–Crippen MR) is 65.4 cm³/mol. The van der Waals surface area contributed by atoms with E-state index in [2.05, 4.69) is 14.9 Å². The van der Waals surface area contributed by atoms with Crippen molar-refractivity contribution in [3.63, 3.8) is 0 Å². The summed E-state index contributed by atoms with van der Waals surface area (Å²) in [5.41, 5.74) is 5.66. The molecule has 0 fully saturated rings. The van der Waals surface area contributed by atoms with E-state index in [0.717, 1.165) is 31.6 Å². The molecule has 0 spiro atoms. The SMILES string of the molecule is Cc1nc(N)cc(N(C)CCCCCO)n1. The zero-order valence-corrected chi connectivity index (χ0v) is 9.98. The third-order valence-electron chi connectivity index (χ3n) is 2.39. The second-order valence-electron chi connectivity index (χ2n) is 3.90. The molecule has 5 nitrogen and oxygen atoms in total. The Morgan fingerprint density at radius 1 is 1.31 bits per heavy atom. The molecule has 16 heavy (non-hydrogen) atoms. The molecule has 0 unspecified atom stereocenters. The molecule has 0 aliphatic heterocycles. The van der Waals surface area contributed by atoms with Crippen molar-refractivity contribution in [2.24, 2.45) is 0 Å². The maximum absolute atomic E-state index is 8.67. The van der Waals surface area contributed by atoms with E-state index in [0.29, 0.717) is 11.6 Å². The van der Waals surface area contributed by atoms with Crippen LogP contribution in [0.4, 0.5) is 11.6 Å². The summed E-state index contributed by atoms with van der Waals surface area (Å²) in [6.07, 6.45) is 2.93. The molecule has 1 aromatic heterocycles. The summed E-state index contributed by atoms with van der Waals surface area (Å²) in [4.78, 5) is 10.4. The van der Waals surface area contributed by atoms with Crippen molar-refractivity contribution in [1.29, 1.82) is 0 Å². The molecule has 0 radical (unpaired) electrons. The Balaban J connectivity index is 2.48. The van der Waals surface area contributed by atoms with Crippen LogP contribution in [0.1, 0.15) is 25.1 Å². The average Bonchev–Trinajstić information content (AvgIpc) is 2.22. The first-order chi connectivity index (χ1) is 7.63. The van der Waals surface area contributed by atoms with Gasteiger partial charge in [-0.2, -0.15) is 0 Å². The van der Waals surface area contributed by atoms with Crippen molar-refractivity contribution in [1.82, 2.24) is 9.97 Å². The van der Waals surface area contributed by atoms with Crippen LogP contribution >= 0.6 is 0 Å². The summed E-state index contributed by atoms with van der Waals surface area (Å²) in [7, 11) is 1.99. The lowest BCUT2D eigenvalue weighted by Gasteiger charge is -2.18. The summed E-state index contributed by atoms with van der Waals surface area (Å²) >= 11 is 0. The smallest absolute Gasteiger partial charge is 0.134 e. The first kappa shape index (κ1) is 12.7. The van der Waals surface area contributed by atoms with E-state index >= 15 is 0 Å². The van der Waals surface area contributed by atoms with Crippen molar-refractivity contribution in [2.75, 3.05) is 30.8 Å². The van der Waals surface area contributed by atoms with Crippen LogP contribution in [-0.4, -0.2) is 35.3 Å². The predicted octanol–water partition coefficient (Wildman–Crippen LogP) is 0.966. The molecule has 5 heteroatoms. The first-order valence-electron chi connectivity index (χ1n) is 5.56. The maximum atomic E-state index is 8.67. The second kappa shape index (κ2) is 6.27. The number of aliphatic hydroxyl groups is 1. The van der Waals surface area contributed by atoms with Gasteiger partial charge in [0.1, 0.15) is 17.5 Å². The normalized spacial score (nSPS) is 10.4. The number of aromatic nitrogens is 2. The minimum absolute atomic E-state index is 0.267. The van der Waals surface area contributed by atoms with Gasteiger partial charge < -0.3 is 15.7 Å². The first-order valence-corrected chi connectivity index (χ1v) is 5.56. The Labute approximate surface area is 96.3 Å². The Bertz CT molecular complexity index is 310. The van der Waals surface area contributed by atoms with Gasteiger partial charge in [-0.15, -0.1) is 0 Å². The van der Waals surface area contributed by atoms with E-state index < -0.39 is 0 Å². The molecule has 0 aromatic carbocycles. The van der Waals surface area contributed by atoms with Gasteiger partial charge in [0.25, 0.3) is 0 Å². The number of nitrogens with zero attached hydrogens (tertiary/aromatic N) is 3. The fourth-order valence-electron chi connectivity index (χ4n) is 1.52. The van der Waals surface area contributed by atoms with Crippen LogP contribution in [0.15, 0.2) is 6.07 Å². The molecule has 3 N–H and O–H groups in total. The van der Waals surface area contributed by atoms with Crippen LogP contribution in [0.25, 0.3) is 0 Å². The summed E-state index contributed by atoms with van der Waals surface area (Å²) in [5, 5.41) is 8.67. The van der Waals surface area contributed by atoms with E-state index in [-0.39, 0.29) is 6.61 Å². The molecule has 1 rings (SSSR count). The highest BCUT2D eigenvalue weighted by molar-refractivity contribution is 5.46. The van der Waals surface area contributed by atoms with Gasteiger partial charge in [0, 0.05) is 26.3 Å². The van der Waals surface area contributed by atoms with Crippen LogP contribution in [0, 0.1) is 6.92 Å². The Morgan fingerprint density at radius 3 is 2.69 bits per heavy atom. The lowest BCUT2D eigenvalue weighted by atomic mass is 10.2. The van der Waals surface area contributed by atoms with E-state index in [1.165, 1.54) is 0 Å². The summed E-state index contributed by atoms with van der Waals surface area (Å²) in [5.74, 6) is 2.05. The zero-order valence-electron chi connectivity index (χ0n) is 9.98. The van der Waals surface area contributed by atoms with Gasteiger partial charge in [0.2, 0.25) is 0 Å². The largest absolute Gasteiger partial charge is 0.396 e. The molecule has 1 aromatic rings. The second-order valence-corrected chi connectivity index (χ2v) is 3.90. The summed E-state index contributed by atoms with van der Waals surface area (Å²) < 4.78 is 0. The molecule has 1 heterocycles. The highest BCUT2D eigenvalue weighted by atomic mass is 16.2. The number of hydrogen-bond donors (Lipinski definition) is 2. The van der Waals surface area contributed by atoms with Crippen molar-refractivity contribution in [3.8, 4) is 0 Å². The lowest BCUT2D eigenvalue weighted by Crippen LogP contribution is -2.20. The van der Waals surface area contributed by atoms with Gasteiger partial charge in [-0.25, -0.2) is 9.97 Å². The molecule has 90 valence electrons. The highest BCUT2D eigenvalue weighted by Crippen LogP contribution is 2.12. The van der Waals surface area contributed by atoms with Crippen molar-refractivity contribution < 1.29 is 5.11 Å².